The first-order valence-corrected chi connectivity index (χ1v) is 9.98. The average Bonchev–Trinajstić information content (AvgIpc) is 3.17. The second kappa shape index (κ2) is 7.98. The Kier molecular flexibility index (Phi) is 5.70. The summed E-state index contributed by atoms with van der Waals surface area (Å²) in [5.41, 5.74) is -0.437. The number of para-hydroxylation sites is 1. The largest absolute Gasteiger partial charge is 0.468 e. The summed E-state index contributed by atoms with van der Waals surface area (Å²) >= 11 is 0. The molecule has 8 nitrogen and oxygen atoms in total. The van der Waals surface area contributed by atoms with Crippen LogP contribution in [0.15, 0.2) is 52.0 Å². The minimum atomic E-state index is -4.02. The van der Waals surface area contributed by atoms with E-state index in [1.54, 1.807) is 12.3 Å². The van der Waals surface area contributed by atoms with E-state index in [1.165, 1.54) is 24.3 Å². The summed E-state index contributed by atoms with van der Waals surface area (Å²) in [6, 6.07) is 8.67. The van der Waals surface area contributed by atoms with E-state index in [1.807, 2.05) is 6.07 Å². The van der Waals surface area contributed by atoms with Crippen molar-refractivity contribution < 1.29 is 17.8 Å². The van der Waals surface area contributed by atoms with Crippen molar-refractivity contribution in [3.05, 3.63) is 58.5 Å². The van der Waals surface area contributed by atoms with E-state index in [4.69, 9.17) is 4.42 Å². The lowest BCUT2D eigenvalue weighted by molar-refractivity contribution is -0.387. The normalized spacial score (nSPS) is 17.1. The smallest absolute Gasteiger partial charge is 0.289 e. The first-order valence-electron chi connectivity index (χ1n) is 8.49. The second-order valence-corrected chi connectivity index (χ2v) is 7.94. The van der Waals surface area contributed by atoms with Crippen LogP contribution in [0.4, 0.5) is 5.69 Å². The summed E-state index contributed by atoms with van der Waals surface area (Å²) < 4.78 is 33.3. The molecule has 1 saturated heterocycles. The zero-order chi connectivity index (χ0) is 18.6. The zero-order valence-electron chi connectivity index (χ0n) is 14.2. The molecule has 1 N–H and O–H groups in total. The number of sulfonamides is 1. The molecule has 140 valence electrons. The molecular formula is C17H21N3O5S. The molecule has 0 spiro atoms. The molecule has 0 aliphatic carbocycles. The summed E-state index contributed by atoms with van der Waals surface area (Å²) in [5.74, 6) is 0.678. The van der Waals surface area contributed by atoms with Gasteiger partial charge in [0.2, 0.25) is 10.0 Å². The topological polar surface area (TPSA) is 106 Å². The maximum absolute atomic E-state index is 12.6. The number of benzene rings is 1. The molecule has 1 aromatic heterocycles. The molecule has 0 amide bonds. The van der Waals surface area contributed by atoms with Crippen molar-refractivity contribution in [3.63, 3.8) is 0 Å². The third kappa shape index (κ3) is 4.12. The van der Waals surface area contributed by atoms with Crippen LogP contribution >= 0.6 is 0 Å². The maximum atomic E-state index is 12.6. The predicted molar refractivity (Wildman–Crippen MR) is 95.2 cm³/mol. The van der Waals surface area contributed by atoms with Crippen molar-refractivity contribution in [3.8, 4) is 0 Å². The van der Waals surface area contributed by atoms with Gasteiger partial charge in [-0.2, -0.15) is 0 Å². The van der Waals surface area contributed by atoms with Crippen molar-refractivity contribution in [1.29, 1.82) is 0 Å². The summed E-state index contributed by atoms with van der Waals surface area (Å²) in [5, 5.41) is 11.1. The molecule has 1 atom stereocenters. The molecule has 0 radical (unpaired) electrons. The maximum Gasteiger partial charge on any atom is 0.289 e. The highest BCUT2D eigenvalue weighted by Crippen LogP contribution is 2.26. The fourth-order valence-corrected chi connectivity index (χ4v) is 4.43. The van der Waals surface area contributed by atoms with Gasteiger partial charge < -0.3 is 4.42 Å². The van der Waals surface area contributed by atoms with Crippen LogP contribution in [-0.2, 0) is 10.0 Å². The third-order valence-corrected chi connectivity index (χ3v) is 5.99. The minimum absolute atomic E-state index is 0.0852. The Balaban J connectivity index is 1.81. The number of rotatable bonds is 7. The molecule has 0 bridgehead atoms. The van der Waals surface area contributed by atoms with Crippen LogP contribution in [0.3, 0.4) is 0 Å². The Morgan fingerprint density at radius 3 is 2.54 bits per heavy atom. The van der Waals surface area contributed by atoms with Gasteiger partial charge in [0, 0.05) is 12.6 Å². The molecule has 3 rings (SSSR count). The summed E-state index contributed by atoms with van der Waals surface area (Å²) in [6.07, 6.45) is 4.81. The van der Waals surface area contributed by atoms with Gasteiger partial charge in [0.15, 0.2) is 4.90 Å². The molecule has 1 fully saturated rings. The zero-order valence-corrected chi connectivity index (χ0v) is 15.0. The Labute approximate surface area is 152 Å². The van der Waals surface area contributed by atoms with Crippen LogP contribution in [0.5, 0.6) is 0 Å². The lowest BCUT2D eigenvalue weighted by Crippen LogP contribution is -2.40. The van der Waals surface area contributed by atoms with Gasteiger partial charge in [0.05, 0.1) is 17.2 Å². The van der Waals surface area contributed by atoms with Gasteiger partial charge in [-0.1, -0.05) is 18.6 Å². The Bertz CT molecular complexity index is 845. The van der Waals surface area contributed by atoms with E-state index in [-0.39, 0.29) is 17.5 Å². The highest BCUT2D eigenvalue weighted by atomic mass is 32.2. The number of nitrogens with one attached hydrogen (secondary N) is 1. The lowest BCUT2D eigenvalue weighted by atomic mass is 10.1. The van der Waals surface area contributed by atoms with E-state index < -0.39 is 20.6 Å². The van der Waals surface area contributed by atoms with Gasteiger partial charge in [0.1, 0.15) is 5.76 Å². The molecule has 1 aromatic carbocycles. The van der Waals surface area contributed by atoms with Crippen molar-refractivity contribution in [2.45, 2.75) is 30.2 Å². The van der Waals surface area contributed by atoms with Crippen molar-refractivity contribution in [1.82, 2.24) is 9.62 Å². The van der Waals surface area contributed by atoms with E-state index >= 15 is 0 Å². The van der Waals surface area contributed by atoms with E-state index in [0.717, 1.165) is 32.4 Å². The molecule has 26 heavy (non-hydrogen) atoms. The van der Waals surface area contributed by atoms with Gasteiger partial charge in [-0.25, -0.2) is 13.1 Å². The highest BCUT2D eigenvalue weighted by molar-refractivity contribution is 7.89. The number of likely N-dealkylation sites (tertiary alicyclic amines) is 1. The van der Waals surface area contributed by atoms with E-state index in [0.29, 0.717) is 5.76 Å². The van der Waals surface area contributed by atoms with Crippen LogP contribution in [0.2, 0.25) is 0 Å². The predicted octanol–water partition coefficient (Wildman–Crippen LogP) is 2.69. The van der Waals surface area contributed by atoms with Crippen LogP contribution in [0.25, 0.3) is 0 Å². The van der Waals surface area contributed by atoms with Gasteiger partial charge >= 0.3 is 0 Å². The SMILES string of the molecule is O=[N+]([O-])c1ccccc1S(=O)(=O)NCC(c1ccco1)N1CCCCC1. The molecular weight excluding hydrogens is 358 g/mol. The number of hydrogen-bond acceptors (Lipinski definition) is 6. The number of piperidine rings is 1. The highest BCUT2D eigenvalue weighted by Gasteiger charge is 2.29. The molecule has 2 aromatic rings. The van der Waals surface area contributed by atoms with Crippen molar-refractivity contribution >= 4 is 15.7 Å². The molecule has 0 saturated carbocycles. The first-order chi connectivity index (χ1) is 12.5. The van der Waals surface area contributed by atoms with Crippen LogP contribution < -0.4 is 4.72 Å². The molecule has 1 unspecified atom stereocenters. The molecule has 2 heterocycles. The molecule has 9 heteroatoms. The van der Waals surface area contributed by atoms with Gasteiger partial charge in [-0.3, -0.25) is 15.0 Å². The summed E-state index contributed by atoms with van der Waals surface area (Å²) in [7, 11) is -4.02. The van der Waals surface area contributed by atoms with E-state index in [9.17, 15) is 18.5 Å². The quantitative estimate of drug-likeness (QED) is 0.586. The molecule has 1 aliphatic rings. The van der Waals surface area contributed by atoms with Crippen LogP contribution in [0.1, 0.15) is 31.1 Å². The van der Waals surface area contributed by atoms with E-state index in [2.05, 4.69) is 9.62 Å². The third-order valence-electron chi connectivity index (χ3n) is 4.52. The number of hydrogen-bond donors (Lipinski definition) is 1. The standard InChI is InChI=1S/C17H21N3O5S/c21-20(22)14-7-2-3-9-17(14)26(23,24)18-13-15(16-8-6-12-25-16)19-10-4-1-5-11-19/h2-3,6-9,12,15,18H,1,4-5,10-11,13H2. The van der Waals surface area contributed by atoms with Gasteiger partial charge in [-0.15, -0.1) is 0 Å². The number of nitrogens with zero attached hydrogens (tertiary/aromatic N) is 2. The van der Waals surface area contributed by atoms with Gasteiger partial charge in [0.25, 0.3) is 5.69 Å². The Morgan fingerprint density at radius 2 is 1.88 bits per heavy atom. The Morgan fingerprint density at radius 1 is 1.15 bits per heavy atom. The van der Waals surface area contributed by atoms with Crippen LogP contribution in [-0.4, -0.2) is 37.9 Å². The fourth-order valence-electron chi connectivity index (χ4n) is 3.22. The minimum Gasteiger partial charge on any atom is -0.468 e. The summed E-state index contributed by atoms with van der Waals surface area (Å²) in [6.45, 7) is 1.80. The monoisotopic (exact) mass is 379 g/mol. The number of nitro benzene ring substituents is 1. The lowest BCUT2D eigenvalue weighted by Gasteiger charge is -2.33. The van der Waals surface area contributed by atoms with Gasteiger partial charge in [-0.05, 0) is 44.1 Å². The fraction of sp³-hybridized carbons (Fsp3) is 0.412. The first kappa shape index (κ1) is 18.6. The number of furan rings is 1. The number of nitro groups is 1. The van der Waals surface area contributed by atoms with Crippen molar-refractivity contribution in [2.24, 2.45) is 0 Å². The average molecular weight is 379 g/mol. The second-order valence-electron chi connectivity index (χ2n) is 6.20. The van der Waals surface area contributed by atoms with Crippen molar-refractivity contribution in [2.75, 3.05) is 19.6 Å². The summed E-state index contributed by atoms with van der Waals surface area (Å²) in [4.78, 5) is 12.3. The molecule has 1 aliphatic heterocycles. The Hall–Kier alpha value is -2.23. The van der Waals surface area contributed by atoms with Crippen LogP contribution in [0, 0.1) is 10.1 Å².